The molecular formula is C11H20N2O4. The van der Waals surface area contributed by atoms with E-state index in [1.807, 2.05) is 0 Å². The van der Waals surface area contributed by atoms with E-state index in [9.17, 15) is 9.59 Å². The van der Waals surface area contributed by atoms with Crippen LogP contribution in [0.25, 0.3) is 0 Å². The van der Waals surface area contributed by atoms with Crippen molar-refractivity contribution in [2.45, 2.75) is 32.3 Å². The van der Waals surface area contributed by atoms with Crippen LogP contribution in [0.3, 0.4) is 0 Å². The first-order valence-corrected chi connectivity index (χ1v) is 5.78. The lowest BCUT2D eigenvalue weighted by atomic mass is 10.1. The van der Waals surface area contributed by atoms with E-state index in [4.69, 9.17) is 10.2 Å². The number of aliphatic hydroxyl groups excluding tert-OH is 1. The molecule has 1 aliphatic carbocycles. The van der Waals surface area contributed by atoms with Crippen molar-refractivity contribution in [2.24, 2.45) is 5.41 Å². The van der Waals surface area contributed by atoms with E-state index in [0.717, 1.165) is 0 Å². The molecule has 0 bridgehead atoms. The summed E-state index contributed by atoms with van der Waals surface area (Å²) in [5, 5.41) is 20.6. The smallest absolute Gasteiger partial charge is 0.317 e. The quantitative estimate of drug-likeness (QED) is 0.625. The highest BCUT2D eigenvalue weighted by Crippen LogP contribution is 2.45. The van der Waals surface area contributed by atoms with Gasteiger partial charge in [-0.05, 0) is 26.2 Å². The number of aliphatic carboxylic acids is 1. The van der Waals surface area contributed by atoms with Gasteiger partial charge in [-0.25, -0.2) is 4.79 Å². The van der Waals surface area contributed by atoms with Crippen molar-refractivity contribution in [3.63, 3.8) is 0 Å². The molecule has 6 nitrogen and oxygen atoms in total. The predicted octanol–water partition coefficient (Wildman–Crippen LogP) is 0.263. The van der Waals surface area contributed by atoms with Crippen LogP contribution in [0.5, 0.6) is 0 Å². The third kappa shape index (κ3) is 3.89. The molecule has 0 aromatic heterocycles. The second kappa shape index (κ2) is 5.35. The Labute approximate surface area is 101 Å². The van der Waals surface area contributed by atoms with Crippen molar-refractivity contribution in [3.05, 3.63) is 0 Å². The molecule has 0 aliphatic heterocycles. The molecular weight excluding hydrogens is 224 g/mol. The largest absolute Gasteiger partial charge is 0.481 e. The molecule has 0 spiro atoms. The van der Waals surface area contributed by atoms with E-state index in [0.29, 0.717) is 25.8 Å². The Morgan fingerprint density at radius 2 is 2.06 bits per heavy atom. The van der Waals surface area contributed by atoms with Crippen LogP contribution in [0.1, 0.15) is 26.2 Å². The second-order valence-electron chi connectivity index (χ2n) is 4.80. The Morgan fingerprint density at radius 3 is 2.47 bits per heavy atom. The minimum absolute atomic E-state index is 0.181. The fourth-order valence-corrected chi connectivity index (χ4v) is 1.48. The van der Waals surface area contributed by atoms with Crippen LogP contribution in [0, 0.1) is 5.41 Å². The zero-order chi connectivity index (χ0) is 13.1. The van der Waals surface area contributed by atoms with Crippen LogP contribution in [0.15, 0.2) is 0 Å². The molecule has 0 radical (unpaired) electrons. The highest BCUT2D eigenvalue weighted by molar-refractivity contribution is 5.80. The molecule has 1 saturated carbocycles. The fourth-order valence-electron chi connectivity index (χ4n) is 1.48. The molecule has 0 heterocycles. The number of hydrogen-bond donors (Lipinski definition) is 3. The SMILES string of the molecule is CC(O)CCN(C)C(=O)NCC1(C(=O)O)CC1. The third-order valence-corrected chi connectivity index (χ3v) is 3.11. The number of hydrogen-bond acceptors (Lipinski definition) is 3. The number of carboxylic acid groups (broad SMARTS) is 1. The maximum atomic E-state index is 11.6. The summed E-state index contributed by atoms with van der Waals surface area (Å²) < 4.78 is 0. The molecule has 2 amide bonds. The first-order valence-electron chi connectivity index (χ1n) is 5.78. The number of carbonyl (C=O) groups is 2. The van der Waals surface area contributed by atoms with Gasteiger partial charge in [-0.3, -0.25) is 4.79 Å². The normalized spacial score (nSPS) is 18.3. The summed E-state index contributed by atoms with van der Waals surface area (Å²) in [6, 6.07) is -0.293. The van der Waals surface area contributed by atoms with Gasteiger partial charge < -0.3 is 20.4 Å². The fraction of sp³-hybridized carbons (Fsp3) is 0.818. The highest BCUT2D eigenvalue weighted by atomic mass is 16.4. The number of rotatable bonds is 6. The van der Waals surface area contributed by atoms with E-state index >= 15 is 0 Å². The van der Waals surface area contributed by atoms with E-state index < -0.39 is 17.5 Å². The number of carboxylic acids is 1. The predicted molar refractivity (Wildman–Crippen MR) is 61.6 cm³/mol. The molecule has 98 valence electrons. The van der Waals surface area contributed by atoms with Crippen molar-refractivity contribution < 1.29 is 19.8 Å². The number of aliphatic hydroxyl groups is 1. The lowest BCUT2D eigenvalue weighted by Gasteiger charge is -2.20. The van der Waals surface area contributed by atoms with E-state index in [1.165, 1.54) is 4.90 Å². The molecule has 0 aromatic rings. The van der Waals surface area contributed by atoms with Crippen LogP contribution in [-0.2, 0) is 4.79 Å². The van der Waals surface area contributed by atoms with Gasteiger partial charge in [0.05, 0.1) is 11.5 Å². The number of carbonyl (C=O) groups excluding carboxylic acids is 1. The minimum atomic E-state index is -0.843. The standard InChI is InChI=1S/C11H20N2O4/c1-8(14)3-6-13(2)10(17)12-7-11(4-5-11)9(15)16/h8,14H,3-7H2,1-2H3,(H,12,17)(H,15,16). The Balaban J connectivity index is 2.27. The van der Waals surface area contributed by atoms with E-state index in [1.54, 1.807) is 14.0 Å². The van der Waals surface area contributed by atoms with Gasteiger partial charge in [-0.1, -0.05) is 0 Å². The molecule has 0 saturated heterocycles. The van der Waals surface area contributed by atoms with Gasteiger partial charge in [0.1, 0.15) is 0 Å². The van der Waals surface area contributed by atoms with Crippen molar-refractivity contribution in [1.29, 1.82) is 0 Å². The summed E-state index contributed by atoms with van der Waals surface area (Å²) >= 11 is 0. The average Bonchev–Trinajstić information content (AvgIpc) is 3.03. The molecule has 1 atom stereocenters. The van der Waals surface area contributed by atoms with Gasteiger partial charge in [0.25, 0.3) is 0 Å². The van der Waals surface area contributed by atoms with Gasteiger partial charge in [-0.15, -0.1) is 0 Å². The molecule has 6 heteroatoms. The molecule has 1 rings (SSSR count). The van der Waals surface area contributed by atoms with Crippen molar-refractivity contribution in [1.82, 2.24) is 10.2 Å². The van der Waals surface area contributed by atoms with Crippen LogP contribution >= 0.6 is 0 Å². The van der Waals surface area contributed by atoms with Crippen molar-refractivity contribution in [3.8, 4) is 0 Å². The molecule has 1 fully saturated rings. The van der Waals surface area contributed by atoms with Crippen LogP contribution in [0.4, 0.5) is 4.79 Å². The Bertz CT molecular complexity index is 300. The maximum Gasteiger partial charge on any atom is 0.317 e. The molecule has 1 aliphatic rings. The first kappa shape index (κ1) is 13.8. The monoisotopic (exact) mass is 244 g/mol. The number of amides is 2. The van der Waals surface area contributed by atoms with Gasteiger partial charge in [0.15, 0.2) is 0 Å². The summed E-state index contributed by atoms with van der Waals surface area (Å²) in [6.45, 7) is 2.29. The maximum absolute atomic E-state index is 11.6. The van der Waals surface area contributed by atoms with Crippen molar-refractivity contribution >= 4 is 12.0 Å². The topological polar surface area (TPSA) is 89.9 Å². The van der Waals surface area contributed by atoms with Gasteiger partial charge >= 0.3 is 12.0 Å². The van der Waals surface area contributed by atoms with Crippen LogP contribution < -0.4 is 5.32 Å². The minimum Gasteiger partial charge on any atom is -0.481 e. The lowest BCUT2D eigenvalue weighted by molar-refractivity contribution is -0.143. The number of nitrogens with one attached hydrogen (secondary N) is 1. The Kier molecular flexibility index (Phi) is 4.34. The van der Waals surface area contributed by atoms with Crippen LogP contribution in [-0.4, -0.2) is 53.4 Å². The molecule has 17 heavy (non-hydrogen) atoms. The zero-order valence-corrected chi connectivity index (χ0v) is 10.3. The lowest BCUT2D eigenvalue weighted by Crippen LogP contribution is -2.42. The first-order chi connectivity index (χ1) is 7.87. The summed E-state index contributed by atoms with van der Waals surface area (Å²) in [6.07, 6.45) is 1.31. The van der Waals surface area contributed by atoms with Gasteiger partial charge in [0.2, 0.25) is 0 Å². The third-order valence-electron chi connectivity index (χ3n) is 3.11. The van der Waals surface area contributed by atoms with E-state index in [-0.39, 0.29) is 12.6 Å². The summed E-state index contributed by atoms with van der Waals surface area (Å²) in [5.41, 5.74) is -0.735. The Hall–Kier alpha value is -1.30. The van der Waals surface area contributed by atoms with Crippen molar-refractivity contribution in [2.75, 3.05) is 20.1 Å². The summed E-state index contributed by atoms with van der Waals surface area (Å²) in [7, 11) is 1.62. The van der Waals surface area contributed by atoms with Gasteiger partial charge in [-0.2, -0.15) is 0 Å². The highest BCUT2D eigenvalue weighted by Gasteiger charge is 2.50. The molecule has 1 unspecified atom stereocenters. The molecule has 0 aromatic carbocycles. The zero-order valence-electron chi connectivity index (χ0n) is 10.3. The van der Waals surface area contributed by atoms with Crippen LogP contribution in [0.2, 0.25) is 0 Å². The number of urea groups is 1. The average molecular weight is 244 g/mol. The molecule has 3 N–H and O–H groups in total. The second-order valence-corrected chi connectivity index (χ2v) is 4.80. The Morgan fingerprint density at radius 1 is 1.47 bits per heavy atom. The summed E-state index contributed by atoms with van der Waals surface area (Å²) in [5.74, 6) is -0.843. The van der Waals surface area contributed by atoms with Gasteiger partial charge in [0, 0.05) is 20.1 Å². The van der Waals surface area contributed by atoms with E-state index in [2.05, 4.69) is 5.32 Å². The summed E-state index contributed by atoms with van der Waals surface area (Å²) in [4.78, 5) is 23.9. The number of nitrogens with zero attached hydrogens (tertiary/aromatic N) is 1.